The molecular weight excluding hydrogens is 292 g/mol. The quantitative estimate of drug-likeness (QED) is 0.904. The number of rotatable bonds is 5. The van der Waals surface area contributed by atoms with Gasteiger partial charge in [-0.15, -0.1) is 0 Å². The molecule has 0 aliphatic carbocycles. The van der Waals surface area contributed by atoms with Crippen LogP contribution in [0.15, 0.2) is 28.7 Å². The van der Waals surface area contributed by atoms with Gasteiger partial charge in [0.2, 0.25) is 0 Å². The van der Waals surface area contributed by atoms with E-state index >= 15 is 0 Å². The van der Waals surface area contributed by atoms with Crippen molar-refractivity contribution in [3.8, 4) is 0 Å². The average Bonchev–Trinajstić information content (AvgIpc) is 2.39. The number of hydrogen-bond acceptors (Lipinski definition) is 3. The molecule has 1 atom stereocenters. The van der Waals surface area contributed by atoms with Gasteiger partial charge in [-0.25, -0.2) is 0 Å². The lowest BCUT2D eigenvalue weighted by Crippen LogP contribution is -2.46. The van der Waals surface area contributed by atoms with E-state index in [0.29, 0.717) is 6.04 Å². The van der Waals surface area contributed by atoms with Crippen LogP contribution in [0.2, 0.25) is 0 Å². The second kappa shape index (κ2) is 7.12. The standard InChI is InChI=1S/C14H21BrN2O/c1-2-14-11-18-9-8-17(14)7-6-16-13-5-3-4-12(15)10-13/h3-5,10,14,16H,2,6-9,11H2,1H3. The summed E-state index contributed by atoms with van der Waals surface area (Å²) in [5.74, 6) is 0. The molecule has 0 amide bonds. The number of nitrogens with one attached hydrogen (secondary N) is 1. The molecule has 100 valence electrons. The van der Waals surface area contributed by atoms with E-state index in [-0.39, 0.29) is 0 Å². The first-order chi connectivity index (χ1) is 8.79. The van der Waals surface area contributed by atoms with Crippen LogP contribution in [0.1, 0.15) is 13.3 Å². The lowest BCUT2D eigenvalue weighted by molar-refractivity contribution is -0.00648. The van der Waals surface area contributed by atoms with Crippen molar-refractivity contribution in [3.63, 3.8) is 0 Å². The van der Waals surface area contributed by atoms with E-state index in [1.54, 1.807) is 0 Å². The maximum absolute atomic E-state index is 5.52. The molecule has 0 bridgehead atoms. The van der Waals surface area contributed by atoms with E-state index in [9.17, 15) is 0 Å². The van der Waals surface area contributed by atoms with Gasteiger partial charge < -0.3 is 10.1 Å². The van der Waals surface area contributed by atoms with Gasteiger partial charge in [0.15, 0.2) is 0 Å². The van der Waals surface area contributed by atoms with Gasteiger partial charge in [-0.3, -0.25) is 4.90 Å². The zero-order valence-electron chi connectivity index (χ0n) is 10.9. The molecule has 2 rings (SSSR count). The highest BCUT2D eigenvalue weighted by molar-refractivity contribution is 9.10. The van der Waals surface area contributed by atoms with Gasteiger partial charge in [-0.2, -0.15) is 0 Å². The fraction of sp³-hybridized carbons (Fsp3) is 0.571. The van der Waals surface area contributed by atoms with Crippen molar-refractivity contribution < 1.29 is 4.74 Å². The molecule has 0 spiro atoms. The minimum atomic E-state index is 0.586. The number of halogens is 1. The maximum Gasteiger partial charge on any atom is 0.0622 e. The van der Waals surface area contributed by atoms with E-state index in [1.807, 2.05) is 6.07 Å². The van der Waals surface area contributed by atoms with E-state index in [2.05, 4.69) is 51.3 Å². The van der Waals surface area contributed by atoms with Crippen LogP contribution in [0.3, 0.4) is 0 Å². The zero-order valence-corrected chi connectivity index (χ0v) is 12.4. The van der Waals surface area contributed by atoms with Crippen molar-refractivity contribution in [2.75, 3.05) is 38.2 Å². The zero-order chi connectivity index (χ0) is 12.8. The van der Waals surface area contributed by atoms with Crippen LogP contribution in [-0.4, -0.2) is 43.8 Å². The summed E-state index contributed by atoms with van der Waals surface area (Å²) in [5.41, 5.74) is 1.17. The molecule has 1 N–H and O–H groups in total. The molecule has 0 aromatic heterocycles. The summed E-state index contributed by atoms with van der Waals surface area (Å²) in [6, 6.07) is 8.89. The molecule has 0 saturated carbocycles. The summed E-state index contributed by atoms with van der Waals surface area (Å²) in [5, 5.41) is 3.46. The molecule has 1 heterocycles. The second-order valence-electron chi connectivity index (χ2n) is 4.61. The Bertz CT molecular complexity index is 373. The predicted octanol–water partition coefficient (Wildman–Crippen LogP) is 2.97. The van der Waals surface area contributed by atoms with Crippen LogP contribution < -0.4 is 5.32 Å². The molecule has 1 fully saturated rings. The fourth-order valence-corrected chi connectivity index (χ4v) is 2.70. The van der Waals surface area contributed by atoms with Crippen molar-refractivity contribution in [2.45, 2.75) is 19.4 Å². The van der Waals surface area contributed by atoms with Gasteiger partial charge in [0.25, 0.3) is 0 Å². The fourth-order valence-electron chi connectivity index (χ4n) is 2.30. The van der Waals surface area contributed by atoms with E-state index in [4.69, 9.17) is 4.74 Å². The highest BCUT2D eigenvalue weighted by Gasteiger charge is 2.20. The summed E-state index contributed by atoms with van der Waals surface area (Å²) in [6.45, 7) is 7.09. The largest absolute Gasteiger partial charge is 0.384 e. The molecule has 3 nitrogen and oxygen atoms in total. The summed E-state index contributed by atoms with van der Waals surface area (Å²) in [4.78, 5) is 2.52. The van der Waals surface area contributed by atoms with Crippen molar-refractivity contribution in [1.29, 1.82) is 0 Å². The van der Waals surface area contributed by atoms with Gasteiger partial charge >= 0.3 is 0 Å². The summed E-state index contributed by atoms with van der Waals surface area (Å²) in [7, 11) is 0. The highest BCUT2D eigenvalue weighted by Crippen LogP contribution is 2.15. The molecule has 4 heteroatoms. The van der Waals surface area contributed by atoms with Gasteiger partial charge in [0, 0.05) is 35.8 Å². The molecule has 1 aliphatic rings. The molecular formula is C14H21BrN2O. The molecule has 18 heavy (non-hydrogen) atoms. The molecule has 1 aromatic carbocycles. The van der Waals surface area contributed by atoms with Crippen LogP contribution in [0.5, 0.6) is 0 Å². The normalized spacial score (nSPS) is 20.9. The lowest BCUT2D eigenvalue weighted by atomic mass is 10.2. The number of nitrogens with zero attached hydrogens (tertiary/aromatic N) is 1. The molecule has 0 radical (unpaired) electrons. The van der Waals surface area contributed by atoms with Crippen molar-refractivity contribution in [1.82, 2.24) is 4.90 Å². The third-order valence-corrected chi connectivity index (χ3v) is 3.87. The SMILES string of the molecule is CCC1COCCN1CCNc1cccc(Br)c1. The first-order valence-corrected chi connectivity index (χ1v) is 7.40. The van der Waals surface area contributed by atoms with Crippen LogP contribution in [0.25, 0.3) is 0 Å². The van der Waals surface area contributed by atoms with Crippen molar-refractivity contribution >= 4 is 21.6 Å². The first kappa shape index (κ1) is 13.8. The minimum Gasteiger partial charge on any atom is -0.384 e. The Kier molecular flexibility index (Phi) is 5.47. The van der Waals surface area contributed by atoms with Gasteiger partial charge in [-0.1, -0.05) is 28.9 Å². The predicted molar refractivity (Wildman–Crippen MR) is 79.1 cm³/mol. The summed E-state index contributed by atoms with van der Waals surface area (Å²) in [6.07, 6.45) is 1.16. The Hall–Kier alpha value is -0.580. The Morgan fingerprint density at radius 1 is 1.50 bits per heavy atom. The van der Waals surface area contributed by atoms with Gasteiger partial charge in [0.1, 0.15) is 0 Å². The summed E-state index contributed by atoms with van der Waals surface area (Å²) >= 11 is 3.48. The maximum atomic E-state index is 5.52. The molecule has 1 unspecified atom stereocenters. The first-order valence-electron chi connectivity index (χ1n) is 6.61. The Morgan fingerprint density at radius 2 is 2.39 bits per heavy atom. The average molecular weight is 313 g/mol. The summed E-state index contributed by atoms with van der Waals surface area (Å²) < 4.78 is 6.63. The Labute approximate surface area is 118 Å². The van der Waals surface area contributed by atoms with Gasteiger partial charge in [0.05, 0.1) is 13.2 Å². The number of anilines is 1. The molecule has 1 aliphatic heterocycles. The monoisotopic (exact) mass is 312 g/mol. The number of morpholine rings is 1. The lowest BCUT2D eigenvalue weighted by Gasteiger charge is -2.35. The van der Waals surface area contributed by atoms with Crippen LogP contribution in [-0.2, 0) is 4.74 Å². The third-order valence-electron chi connectivity index (χ3n) is 3.37. The number of ether oxygens (including phenoxy) is 1. The smallest absolute Gasteiger partial charge is 0.0622 e. The molecule has 1 aromatic rings. The Balaban J connectivity index is 1.77. The van der Waals surface area contributed by atoms with Gasteiger partial charge in [-0.05, 0) is 24.6 Å². The van der Waals surface area contributed by atoms with Crippen LogP contribution >= 0.6 is 15.9 Å². The third kappa shape index (κ3) is 3.97. The van der Waals surface area contributed by atoms with E-state index in [1.165, 1.54) is 5.69 Å². The second-order valence-corrected chi connectivity index (χ2v) is 5.53. The topological polar surface area (TPSA) is 24.5 Å². The van der Waals surface area contributed by atoms with Crippen LogP contribution in [0.4, 0.5) is 5.69 Å². The van der Waals surface area contributed by atoms with Crippen molar-refractivity contribution in [2.24, 2.45) is 0 Å². The number of hydrogen-bond donors (Lipinski definition) is 1. The molecule has 1 saturated heterocycles. The van der Waals surface area contributed by atoms with E-state index in [0.717, 1.165) is 43.7 Å². The highest BCUT2D eigenvalue weighted by atomic mass is 79.9. The van der Waals surface area contributed by atoms with E-state index < -0.39 is 0 Å². The number of benzene rings is 1. The Morgan fingerprint density at radius 3 is 3.17 bits per heavy atom. The van der Waals surface area contributed by atoms with Crippen molar-refractivity contribution in [3.05, 3.63) is 28.7 Å². The minimum absolute atomic E-state index is 0.586. The van der Waals surface area contributed by atoms with Crippen LogP contribution in [0, 0.1) is 0 Å².